The van der Waals surface area contributed by atoms with E-state index in [-0.39, 0.29) is 115 Å². The summed E-state index contributed by atoms with van der Waals surface area (Å²) in [5.74, 6) is -12.6. The van der Waals surface area contributed by atoms with Crippen molar-refractivity contribution in [1.82, 2.24) is 36.4 Å². The van der Waals surface area contributed by atoms with Gasteiger partial charge in [-0.2, -0.15) is 0 Å². The van der Waals surface area contributed by atoms with Crippen molar-refractivity contribution in [3.05, 3.63) is 173 Å². The fourth-order valence-corrected chi connectivity index (χ4v) is 12.4. The number of carboxylic acids is 2. The largest absolute Gasteiger partial charge is 0.483 e. The number of ether oxygens (including phenoxy) is 1. The molecule has 13 atom stereocenters. The van der Waals surface area contributed by atoms with Crippen LogP contribution in [0.25, 0.3) is 0 Å². The van der Waals surface area contributed by atoms with Gasteiger partial charge in [0.05, 0.1) is 48.1 Å². The summed E-state index contributed by atoms with van der Waals surface area (Å²) in [4.78, 5) is 139. The molecule has 4 saturated carbocycles. The molecule has 440 valence electrons. The number of aliphatic carboxylic acids is 2. The van der Waals surface area contributed by atoms with E-state index in [2.05, 4.69) is 26.6 Å². The Kier molecular flexibility index (Phi) is 16.9. The van der Waals surface area contributed by atoms with Crippen LogP contribution in [0.1, 0.15) is 105 Å². The molecule has 20 nitrogen and oxygen atoms in total. The van der Waals surface area contributed by atoms with E-state index in [1.165, 1.54) is 28.0 Å². The molecule has 6 fully saturated rings. The smallest absolute Gasteiger partial charge is 0.307 e. The lowest BCUT2D eigenvalue weighted by atomic mass is 9.94. The monoisotopic (exact) mass is 1150 g/mol. The standard InChI is InChI=1S/C65H67N7O13/c73-42(23-41(65(83)84)25-58(75)76)30-66-57(74)35-85-56-24-40(63(81)71-31-48(59(77)67-52-26-44(52)36-13-5-1-6-14-36)49(32-71)60(78)68-53-27-45(53)37-15-7-2-8-16-37)21-22-43(56)64(82)72-33-50(61(79)69-54-28-46(54)38-17-9-3-10-18-38)51(34-72)62(80)70-55-29-47(55)39-19-11-4-12-20-39/h1-22,24,41,44-55H,23,25-35H2,(H,66,74)(H,67,77)(H,68,78)(H,69,79)(H,70,80)(H,75,76)(H,83,84)/t41-,44+,45+,46+,47+,48+,49+,50+,51+,52-,53-,54-,55-/m0/s1. The highest BCUT2D eigenvalue weighted by Gasteiger charge is 2.51. The van der Waals surface area contributed by atoms with Gasteiger partial charge in [0.1, 0.15) is 5.75 Å². The van der Waals surface area contributed by atoms with E-state index in [4.69, 9.17) is 9.84 Å². The number of rotatable bonds is 24. The third kappa shape index (κ3) is 13.7. The van der Waals surface area contributed by atoms with Crippen LogP contribution in [-0.2, 0) is 38.4 Å². The van der Waals surface area contributed by atoms with Crippen LogP contribution in [0.3, 0.4) is 0 Å². The summed E-state index contributed by atoms with van der Waals surface area (Å²) < 4.78 is 6.03. The van der Waals surface area contributed by atoms with Gasteiger partial charge in [0.2, 0.25) is 23.6 Å². The van der Waals surface area contributed by atoms with Crippen LogP contribution in [0.5, 0.6) is 5.75 Å². The van der Waals surface area contributed by atoms with E-state index in [9.17, 15) is 53.1 Å². The normalized spacial score (nSPS) is 26.2. The number of carbonyl (C=O) groups is 10. The first-order chi connectivity index (χ1) is 41.1. The molecule has 5 aromatic rings. The Labute approximate surface area is 490 Å². The Morgan fingerprint density at radius 3 is 1.19 bits per heavy atom. The van der Waals surface area contributed by atoms with E-state index in [1.807, 2.05) is 121 Å². The first kappa shape index (κ1) is 57.6. The van der Waals surface area contributed by atoms with Crippen molar-refractivity contribution >= 4 is 59.1 Å². The van der Waals surface area contributed by atoms with Gasteiger partial charge in [-0.05, 0) is 66.1 Å². The molecule has 2 heterocycles. The number of ketones is 1. The first-order valence-electron chi connectivity index (χ1n) is 29.1. The van der Waals surface area contributed by atoms with Crippen LogP contribution < -0.4 is 31.3 Å². The van der Waals surface area contributed by atoms with Crippen molar-refractivity contribution in [3.8, 4) is 5.75 Å². The lowest BCUT2D eigenvalue weighted by Gasteiger charge is -2.21. The Morgan fingerprint density at radius 2 is 0.835 bits per heavy atom. The minimum Gasteiger partial charge on any atom is -0.483 e. The molecular formula is C65H67N7O13. The molecule has 0 bridgehead atoms. The molecule has 0 aromatic heterocycles. The van der Waals surface area contributed by atoms with Gasteiger partial charge in [0.25, 0.3) is 17.7 Å². The Bertz CT molecular complexity index is 3240. The minimum atomic E-state index is -1.53. The lowest BCUT2D eigenvalue weighted by molar-refractivity contribution is -0.149. The van der Waals surface area contributed by atoms with Gasteiger partial charge < -0.3 is 51.3 Å². The number of nitrogens with one attached hydrogen (secondary N) is 5. The van der Waals surface area contributed by atoms with Crippen molar-refractivity contribution in [1.29, 1.82) is 0 Å². The first-order valence-corrected chi connectivity index (χ1v) is 29.1. The third-order valence-corrected chi connectivity index (χ3v) is 17.5. The van der Waals surface area contributed by atoms with Crippen molar-refractivity contribution in [2.75, 3.05) is 39.3 Å². The maximum absolute atomic E-state index is 15.0. The summed E-state index contributed by atoms with van der Waals surface area (Å²) in [6.45, 7) is -2.07. The second-order valence-corrected chi connectivity index (χ2v) is 23.5. The number of likely N-dealkylation sites (tertiary alicyclic amines) is 2. The van der Waals surface area contributed by atoms with Gasteiger partial charge in [-0.15, -0.1) is 0 Å². The number of carbonyl (C=O) groups excluding carboxylic acids is 8. The summed E-state index contributed by atoms with van der Waals surface area (Å²) in [6, 6.07) is 42.4. The molecule has 20 heteroatoms. The third-order valence-electron chi connectivity index (χ3n) is 17.5. The Hall–Kier alpha value is -9.20. The maximum atomic E-state index is 15.0. The highest BCUT2D eigenvalue weighted by atomic mass is 16.5. The van der Waals surface area contributed by atoms with Crippen molar-refractivity contribution in [2.45, 2.75) is 86.4 Å². The molecule has 2 aliphatic heterocycles. The van der Waals surface area contributed by atoms with Crippen LogP contribution in [0.15, 0.2) is 140 Å². The summed E-state index contributed by atoms with van der Waals surface area (Å²) in [5.41, 5.74) is 4.14. The Balaban J connectivity index is 0.831. The number of carboxylic acid groups (broad SMARTS) is 2. The van der Waals surface area contributed by atoms with Crippen LogP contribution in [0, 0.1) is 29.6 Å². The second kappa shape index (κ2) is 24.9. The average Bonchev–Trinajstić information content (AvgIpc) is 2.69. The van der Waals surface area contributed by atoms with E-state index in [1.54, 1.807) is 0 Å². The molecule has 7 amide bonds. The van der Waals surface area contributed by atoms with Crippen LogP contribution in [0.4, 0.5) is 0 Å². The summed E-state index contributed by atoms with van der Waals surface area (Å²) in [6.07, 6.45) is 1.35. The zero-order chi connectivity index (χ0) is 59.5. The molecule has 0 unspecified atom stereocenters. The maximum Gasteiger partial charge on any atom is 0.307 e. The van der Waals surface area contributed by atoms with Gasteiger partial charge in [-0.1, -0.05) is 121 Å². The predicted octanol–water partition coefficient (Wildman–Crippen LogP) is 4.38. The fraction of sp³-hybridized carbons (Fsp3) is 0.385. The van der Waals surface area contributed by atoms with E-state index in [0.717, 1.165) is 22.3 Å². The molecule has 2 saturated heterocycles. The quantitative estimate of drug-likeness (QED) is 0.0452. The highest BCUT2D eigenvalue weighted by molar-refractivity contribution is 6.02. The van der Waals surface area contributed by atoms with Crippen molar-refractivity contribution < 1.29 is 62.9 Å². The number of Topliss-reactive ketones (excluding diaryl/α,β-unsaturated/α-hetero) is 1. The molecule has 11 rings (SSSR count). The predicted molar refractivity (Wildman–Crippen MR) is 307 cm³/mol. The zero-order valence-electron chi connectivity index (χ0n) is 46.5. The average molecular weight is 1150 g/mol. The molecule has 0 radical (unpaired) electrons. The van der Waals surface area contributed by atoms with Crippen LogP contribution in [0.2, 0.25) is 0 Å². The molecule has 6 aliphatic rings. The second-order valence-electron chi connectivity index (χ2n) is 23.5. The SMILES string of the molecule is O=C(O)C[C@H](CC(=O)CNC(=O)COc1cc(C(=O)N2C[C@@H](C(=O)N[C@H]3C[C@@H]3c3ccccc3)[C@H](C(=O)N[C@H]3C[C@@H]3c3ccccc3)C2)ccc1C(=O)N1C[C@@H](C(=O)N[C@H]2C[C@@H]2c2ccccc2)[C@H](C(=O)N[C@H]2C[C@@H]2c2ccccc2)C1)C(=O)O. The topological polar surface area (TPSA) is 287 Å². The highest BCUT2D eigenvalue weighted by Crippen LogP contribution is 2.45. The van der Waals surface area contributed by atoms with E-state index >= 15 is 0 Å². The molecular weight excluding hydrogens is 1090 g/mol. The molecule has 5 aromatic carbocycles. The number of nitrogens with zero attached hydrogens (tertiary/aromatic N) is 2. The molecule has 85 heavy (non-hydrogen) atoms. The van der Waals surface area contributed by atoms with Gasteiger partial charge >= 0.3 is 11.9 Å². The van der Waals surface area contributed by atoms with Gasteiger partial charge in [0.15, 0.2) is 12.4 Å². The zero-order valence-corrected chi connectivity index (χ0v) is 46.5. The number of hydrogen-bond donors (Lipinski definition) is 7. The summed E-state index contributed by atoms with van der Waals surface area (Å²) in [5, 5.41) is 33.5. The summed E-state index contributed by atoms with van der Waals surface area (Å²) >= 11 is 0. The van der Waals surface area contributed by atoms with Gasteiger partial charge in [-0.25, -0.2) is 0 Å². The fourth-order valence-electron chi connectivity index (χ4n) is 12.4. The number of hydrogen-bond acceptors (Lipinski definition) is 11. The van der Waals surface area contributed by atoms with Crippen LogP contribution in [-0.4, -0.2) is 143 Å². The number of benzene rings is 5. The molecule has 4 aliphatic carbocycles. The lowest BCUT2D eigenvalue weighted by Crippen LogP contribution is -2.43. The molecule has 0 spiro atoms. The van der Waals surface area contributed by atoms with Gasteiger partial charge in [-0.3, -0.25) is 47.9 Å². The van der Waals surface area contributed by atoms with E-state index < -0.39 is 91.0 Å². The van der Waals surface area contributed by atoms with Gasteiger partial charge in [0, 0.05) is 86.0 Å². The summed E-state index contributed by atoms with van der Waals surface area (Å²) in [7, 11) is 0. The van der Waals surface area contributed by atoms with Crippen molar-refractivity contribution in [3.63, 3.8) is 0 Å². The van der Waals surface area contributed by atoms with Crippen molar-refractivity contribution in [2.24, 2.45) is 29.6 Å². The minimum absolute atomic E-state index is 0.0242. The van der Waals surface area contributed by atoms with Crippen LogP contribution >= 0.6 is 0 Å². The molecule has 7 N–H and O–H groups in total. The van der Waals surface area contributed by atoms with E-state index in [0.29, 0.717) is 25.7 Å². The Morgan fingerprint density at radius 1 is 0.471 bits per heavy atom. The number of amides is 7.